The van der Waals surface area contributed by atoms with Crippen LogP contribution in [0.3, 0.4) is 0 Å². The first-order valence-corrected chi connectivity index (χ1v) is 8.78. The molecule has 0 aliphatic heterocycles. The summed E-state index contributed by atoms with van der Waals surface area (Å²) < 4.78 is 0. The van der Waals surface area contributed by atoms with E-state index in [1.807, 2.05) is 6.08 Å². The molecule has 0 radical (unpaired) electrons. The number of carbonyl (C=O) groups is 1. The van der Waals surface area contributed by atoms with Crippen molar-refractivity contribution in [2.45, 2.75) is 96.2 Å². The molecular formula is C18H33O4-. The summed E-state index contributed by atoms with van der Waals surface area (Å²) in [7, 11) is 0. The number of rotatable bonds is 15. The van der Waals surface area contributed by atoms with Crippen LogP contribution in [0.5, 0.6) is 0 Å². The van der Waals surface area contributed by atoms with Gasteiger partial charge in [0.05, 0.1) is 12.2 Å². The number of aliphatic carboxylic acids is 1. The number of hydrogen-bond donors (Lipinski definition) is 2. The van der Waals surface area contributed by atoms with E-state index in [0.29, 0.717) is 19.3 Å². The molecule has 0 saturated carbocycles. The highest BCUT2D eigenvalue weighted by atomic mass is 16.4. The Balaban J connectivity index is 3.43. The maximum atomic E-state index is 10.2. The molecule has 0 heterocycles. The van der Waals surface area contributed by atoms with Crippen molar-refractivity contribution in [2.75, 3.05) is 0 Å². The molecule has 0 rings (SSSR count). The summed E-state index contributed by atoms with van der Waals surface area (Å²) in [5.74, 6) is -0.960. The molecule has 0 amide bonds. The van der Waals surface area contributed by atoms with E-state index in [0.717, 1.165) is 51.4 Å². The van der Waals surface area contributed by atoms with Crippen LogP contribution < -0.4 is 5.11 Å². The van der Waals surface area contributed by atoms with Gasteiger partial charge in [0.25, 0.3) is 0 Å². The van der Waals surface area contributed by atoms with Gasteiger partial charge in [-0.3, -0.25) is 0 Å². The lowest BCUT2D eigenvalue weighted by Gasteiger charge is -2.15. The molecule has 0 saturated heterocycles. The summed E-state index contributed by atoms with van der Waals surface area (Å²) in [5.41, 5.74) is 0. The van der Waals surface area contributed by atoms with Gasteiger partial charge in [-0.25, -0.2) is 0 Å². The van der Waals surface area contributed by atoms with E-state index in [2.05, 4.69) is 13.0 Å². The van der Waals surface area contributed by atoms with Gasteiger partial charge in [-0.05, 0) is 38.5 Å². The van der Waals surface area contributed by atoms with Crippen molar-refractivity contribution in [3.05, 3.63) is 12.2 Å². The van der Waals surface area contributed by atoms with E-state index in [4.69, 9.17) is 0 Å². The van der Waals surface area contributed by atoms with Crippen molar-refractivity contribution in [3.8, 4) is 0 Å². The molecule has 0 aromatic rings. The smallest absolute Gasteiger partial charge is 0.0833 e. The number of carboxylic acids is 1. The fraction of sp³-hybridized carbons (Fsp3) is 0.833. The van der Waals surface area contributed by atoms with Gasteiger partial charge in [-0.15, -0.1) is 0 Å². The van der Waals surface area contributed by atoms with Crippen molar-refractivity contribution in [3.63, 3.8) is 0 Å². The van der Waals surface area contributed by atoms with Crippen LogP contribution in [0.1, 0.15) is 84.0 Å². The molecule has 0 fully saturated rings. The second-order valence-corrected chi connectivity index (χ2v) is 6.02. The molecular weight excluding hydrogens is 280 g/mol. The molecule has 0 spiro atoms. The van der Waals surface area contributed by atoms with Crippen LogP contribution >= 0.6 is 0 Å². The highest BCUT2D eigenvalue weighted by molar-refractivity contribution is 5.63. The summed E-state index contributed by atoms with van der Waals surface area (Å²) in [6, 6.07) is 0. The van der Waals surface area contributed by atoms with Crippen molar-refractivity contribution in [1.29, 1.82) is 0 Å². The Kier molecular flexibility index (Phi) is 14.4. The van der Waals surface area contributed by atoms with Crippen molar-refractivity contribution >= 4 is 5.97 Å². The van der Waals surface area contributed by atoms with Crippen molar-refractivity contribution in [1.82, 2.24) is 0 Å². The first-order chi connectivity index (χ1) is 10.6. The number of carbonyl (C=O) groups excluding carboxylic acids is 1. The number of aliphatic hydroxyl groups excluding tert-OH is 2. The monoisotopic (exact) mass is 313 g/mol. The second-order valence-electron chi connectivity index (χ2n) is 6.02. The molecule has 0 aromatic heterocycles. The standard InChI is InChI=1S/C18H34O4/c1-2-3-10-13-16(19)17(20)14-11-8-6-4-5-7-9-12-15-18(21)22/h8,11,16-17,19-20H,2-7,9-10,12-15H2,1H3,(H,21,22)/p-1/b11-8-. The zero-order valence-corrected chi connectivity index (χ0v) is 14.0. The van der Waals surface area contributed by atoms with Crippen LogP contribution in [0, 0.1) is 0 Å². The van der Waals surface area contributed by atoms with Crippen LogP contribution in [-0.2, 0) is 4.79 Å². The Labute approximate surface area is 135 Å². The van der Waals surface area contributed by atoms with E-state index in [1.165, 1.54) is 0 Å². The highest BCUT2D eigenvalue weighted by Gasteiger charge is 2.13. The minimum Gasteiger partial charge on any atom is -0.550 e. The summed E-state index contributed by atoms with van der Waals surface area (Å²) in [6.45, 7) is 2.12. The molecule has 22 heavy (non-hydrogen) atoms. The van der Waals surface area contributed by atoms with Gasteiger partial charge in [0.1, 0.15) is 0 Å². The lowest BCUT2D eigenvalue weighted by atomic mass is 10.0. The van der Waals surface area contributed by atoms with Gasteiger partial charge in [0.15, 0.2) is 0 Å². The second kappa shape index (κ2) is 15.0. The normalized spacial score (nSPS) is 14.3. The molecule has 2 unspecified atom stereocenters. The van der Waals surface area contributed by atoms with Crippen LogP contribution in [0.25, 0.3) is 0 Å². The van der Waals surface area contributed by atoms with E-state index in [1.54, 1.807) is 0 Å². The average molecular weight is 313 g/mol. The minimum absolute atomic E-state index is 0.165. The Hall–Kier alpha value is -0.870. The Morgan fingerprint density at radius 1 is 0.955 bits per heavy atom. The van der Waals surface area contributed by atoms with Crippen LogP contribution in [-0.4, -0.2) is 28.4 Å². The van der Waals surface area contributed by atoms with Crippen molar-refractivity contribution < 1.29 is 20.1 Å². The van der Waals surface area contributed by atoms with Gasteiger partial charge < -0.3 is 20.1 Å². The van der Waals surface area contributed by atoms with Gasteiger partial charge in [-0.1, -0.05) is 57.6 Å². The third-order valence-corrected chi connectivity index (χ3v) is 3.84. The topological polar surface area (TPSA) is 80.6 Å². The third-order valence-electron chi connectivity index (χ3n) is 3.84. The van der Waals surface area contributed by atoms with Gasteiger partial charge >= 0.3 is 0 Å². The number of aliphatic hydroxyl groups is 2. The van der Waals surface area contributed by atoms with E-state index >= 15 is 0 Å². The SMILES string of the molecule is CCCCCC(O)C(O)C/C=C\CCCCCCCC(=O)[O-]. The Bertz CT molecular complexity index is 289. The van der Waals surface area contributed by atoms with Crippen LogP contribution in [0.4, 0.5) is 0 Å². The van der Waals surface area contributed by atoms with Crippen LogP contribution in [0.2, 0.25) is 0 Å². The molecule has 0 bridgehead atoms. The molecule has 4 nitrogen and oxygen atoms in total. The number of carboxylic acid groups (broad SMARTS) is 1. The maximum absolute atomic E-state index is 10.2. The predicted molar refractivity (Wildman–Crippen MR) is 87.2 cm³/mol. The average Bonchev–Trinajstić information content (AvgIpc) is 2.48. The first kappa shape index (κ1) is 21.1. The fourth-order valence-electron chi connectivity index (χ4n) is 2.37. The molecule has 0 aromatic carbocycles. The highest BCUT2D eigenvalue weighted by Crippen LogP contribution is 2.11. The number of hydrogen-bond acceptors (Lipinski definition) is 4. The van der Waals surface area contributed by atoms with Crippen molar-refractivity contribution in [2.24, 2.45) is 0 Å². The predicted octanol–water partition coefficient (Wildman–Crippen LogP) is 2.72. The van der Waals surface area contributed by atoms with Gasteiger partial charge in [0, 0.05) is 5.97 Å². The quantitative estimate of drug-likeness (QED) is 0.360. The third kappa shape index (κ3) is 14.1. The zero-order chi connectivity index (χ0) is 16.6. The Morgan fingerprint density at radius 2 is 1.64 bits per heavy atom. The van der Waals surface area contributed by atoms with Gasteiger partial charge in [-0.2, -0.15) is 0 Å². The lowest BCUT2D eigenvalue weighted by Crippen LogP contribution is -2.25. The van der Waals surface area contributed by atoms with E-state index in [9.17, 15) is 20.1 Å². The number of allylic oxidation sites excluding steroid dienone is 1. The summed E-state index contributed by atoms with van der Waals surface area (Å²) in [6.07, 6.45) is 13.1. The molecule has 2 atom stereocenters. The van der Waals surface area contributed by atoms with Crippen LogP contribution in [0.15, 0.2) is 12.2 Å². The fourth-order valence-corrected chi connectivity index (χ4v) is 2.37. The largest absolute Gasteiger partial charge is 0.550 e. The maximum Gasteiger partial charge on any atom is 0.0833 e. The lowest BCUT2D eigenvalue weighted by molar-refractivity contribution is -0.305. The zero-order valence-electron chi connectivity index (χ0n) is 14.0. The molecule has 0 aliphatic rings. The van der Waals surface area contributed by atoms with E-state index < -0.39 is 18.2 Å². The Morgan fingerprint density at radius 3 is 2.32 bits per heavy atom. The molecule has 4 heteroatoms. The molecule has 130 valence electrons. The van der Waals surface area contributed by atoms with Gasteiger partial charge in [0.2, 0.25) is 0 Å². The first-order valence-electron chi connectivity index (χ1n) is 8.78. The molecule has 2 N–H and O–H groups in total. The molecule has 0 aliphatic carbocycles. The van der Waals surface area contributed by atoms with E-state index in [-0.39, 0.29) is 6.42 Å². The summed E-state index contributed by atoms with van der Waals surface area (Å²) >= 11 is 0. The summed E-state index contributed by atoms with van der Waals surface area (Å²) in [4.78, 5) is 10.2. The summed E-state index contributed by atoms with van der Waals surface area (Å²) in [5, 5.41) is 29.8. The minimum atomic E-state index is -0.960. The number of unbranched alkanes of at least 4 members (excludes halogenated alkanes) is 7.